The van der Waals surface area contributed by atoms with Crippen molar-refractivity contribution >= 4 is 0 Å². The Morgan fingerprint density at radius 2 is 1.88 bits per heavy atom. The summed E-state index contributed by atoms with van der Waals surface area (Å²) in [5.74, 6) is 0.722. The Morgan fingerprint density at radius 1 is 1.23 bits per heavy atom. The fraction of sp³-hybridized carbons (Fsp3) is 0.900. The molecule has 0 aliphatic carbocycles. The number of piperidine rings is 1. The molecule has 1 aromatic heterocycles. The van der Waals surface area contributed by atoms with E-state index in [4.69, 9.17) is 5.73 Å². The summed E-state index contributed by atoms with van der Waals surface area (Å²) in [6.45, 7) is 13.5. The summed E-state index contributed by atoms with van der Waals surface area (Å²) < 4.78 is 2.01. The highest BCUT2D eigenvalue weighted by molar-refractivity contribution is 5.06. The van der Waals surface area contributed by atoms with Crippen LogP contribution >= 0.6 is 0 Å². The van der Waals surface area contributed by atoms with E-state index >= 15 is 0 Å². The lowest BCUT2D eigenvalue weighted by Gasteiger charge is -2.32. The SMILES string of the molecule is CC(CCCC(C)(C)O)CCN1CCC(n2cc(C(C)(C)N)nn2)CC1. The minimum atomic E-state index is -0.526. The lowest BCUT2D eigenvalue weighted by atomic mass is 9.95. The van der Waals surface area contributed by atoms with Crippen LogP contribution in [0.25, 0.3) is 0 Å². The van der Waals surface area contributed by atoms with Crippen molar-refractivity contribution in [1.29, 1.82) is 0 Å². The first-order chi connectivity index (χ1) is 12.0. The van der Waals surface area contributed by atoms with Gasteiger partial charge in [0.1, 0.15) is 5.69 Å². The third kappa shape index (κ3) is 6.97. The van der Waals surface area contributed by atoms with Crippen molar-refractivity contribution in [2.45, 2.75) is 90.3 Å². The van der Waals surface area contributed by atoms with Gasteiger partial charge in [-0.15, -0.1) is 5.10 Å². The smallest absolute Gasteiger partial charge is 0.102 e. The third-order valence-electron chi connectivity index (χ3n) is 5.53. The van der Waals surface area contributed by atoms with Gasteiger partial charge >= 0.3 is 0 Å². The first-order valence-corrected chi connectivity index (χ1v) is 10.2. The monoisotopic (exact) mass is 365 g/mol. The van der Waals surface area contributed by atoms with Gasteiger partial charge in [-0.25, -0.2) is 4.68 Å². The minimum Gasteiger partial charge on any atom is -0.390 e. The molecule has 150 valence electrons. The molecule has 0 saturated carbocycles. The first-order valence-electron chi connectivity index (χ1n) is 10.2. The van der Waals surface area contributed by atoms with Crippen molar-refractivity contribution in [2.75, 3.05) is 19.6 Å². The van der Waals surface area contributed by atoms with Crippen molar-refractivity contribution in [3.05, 3.63) is 11.9 Å². The molecule has 0 aromatic carbocycles. The first kappa shape index (κ1) is 21.3. The number of aliphatic hydroxyl groups is 1. The van der Waals surface area contributed by atoms with E-state index in [2.05, 4.69) is 22.1 Å². The molecule has 2 heterocycles. The fourth-order valence-electron chi connectivity index (χ4n) is 3.59. The van der Waals surface area contributed by atoms with Crippen molar-refractivity contribution in [1.82, 2.24) is 19.9 Å². The number of hydrogen-bond donors (Lipinski definition) is 2. The number of nitrogens with zero attached hydrogens (tertiary/aromatic N) is 4. The zero-order chi connectivity index (χ0) is 19.4. The zero-order valence-corrected chi connectivity index (χ0v) is 17.4. The molecular weight excluding hydrogens is 326 g/mol. The molecule has 0 spiro atoms. The van der Waals surface area contributed by atoms with E-state index in [1.165, 1.54) is 19.4 Å². The number of aromatic nitrogens is 3. The van der Waals surface area contributed by atoms with E-state index in [0.29, 0.717) is 6.04 Å². The molecule has 1 aliphatic heterocycles. The van der Waals surface area contributed by atoms with Gasteiger partial charge in [0, 0.05) is 13.1 Å². The number of nitrogens with two attached hydrogens (primary N) is 1. The van der Waals surface area contributed by atoms with Crippen LogP contribution in [-0.2, 0) is 5.54 Å². The predicted molar refractivity (Wildman–Crippen MR) is 106 cm³/mol. The quantitative estimate of drug-likeness (QED) is 0.703. The van der Waals surface area contributed by atoms with Crippen LogP contribution in [0.3, 0.4) is 0 Å². The van der Waals surface area contributed by atoms with Crippen LogP contribution in [0.5, 0.6) is 0 Å². The normalized spacial score (nSPS) is 19.0. The predicted octanol–water partition coefficient (Wildman–Crippen LogP) is 3.08. The van der Waals surface area contributed by atoms with Crippen LogP contribution in [0.2, 0.25) is 0 Å². The van der Waals surface area contributed by atoms with Gasteiger partial charge < -0.3 is 15.7 Å². The Labute approximate surface area is 159 Å². The van der Waals surface area contributed by atoms with Gasteiger partial charge in [0.05, 0.1) is 23.4 Å². The van der Waals surface area contributed by atoms with Crippen molar-refractivity contribution in [2.24, 2.45) is 11.7 Å². The molecule has 0 bridgehead atoms. The van der Waals surface area contributed by atoms with Gasteiger partial charge in [-0.2, -0.15) is 0 Å². The van der Waals surface area contributed by atoms with Crippen LogP contribution in [0.4, 0.5) is 0 Å². The summed E-state index contributed by atoms with van der Waals surface area (Å²) in [6, 6.07) is 0.444. The molecule has 6 heteroatoms. The van der Waals surface area contributed by atoms with E-state index in [0.717, 1.165) is 50.4 Å². The fourth-order valence-corrected chi connectivity index (χ4v) is 3.59. The molecule has 0 amide bonds. The van der Waals surface area contributed by atoms with Crippen molar-refractivity contribution in [3.8, 4) is 0 Å². The molecule has 1 unspecified atom stereocenters. The Hall–Kier alpha value is -0.980. The maximum absolute atomic E-state index is 9.80. The summed E-state index contributed by atoms with van der Waals surface area (Å²) in [4.78, 5) is 2.58. The van der Waals surface area contributed by atoms with Crippen molar-refractivity contribution in [3.63, 3.8) is 0 Å². The summed E-state index contributed by atoms with van der Waals surface area (Å²) in [6.07, 6.45) is 8.72. The third-order valence-corrected chi connectivity index (χ3v) is 5.53. The molecule has 1 aromatic rings. The molecule has 1 atom stereocenters. The maximum atomic E-state index is 9.80. The zero-order valence-electron chi connectivity index (χ0n) is 17.4. The van der Waals surface area contributed by atoms with Crippen LogP contribution in [-0.4, -0.2) is 50.2 Å². The van der Waals surface area contributed by atoms with Crippen LogP contribution in [0.15, 0.2) is 6.20 Å². The highest BCUT2D eigenvalue weighted by Gasteiger charge is 2.24. The van der Waals surface area contributed by atoms with Crippen molar-refractivity contribution < 1.29 is 5.11 Å². The van der Waals surface area contributed by atoms with Gasteiger partial charge in [0.15, 0.2) is 0 Å². The molecule has 26 heavy (non-hydrogen) atoms. The Kier molecular flexibility index (Phi) is 7.22. The summed E-state index contributed by atoms with van der Waals surface area (Å²) in [5, 5.41) is 18.4. The van der Waals surface area contributed by atoms with E-state index in [1.807, 2.05) is 38.6 Å². The lowest BCUT2D eigenvalue weighted by Crippen LogP contribution is -2.36. The Morgan fingerprint density at radius 3 is 2.42 bits per heavy atom. The van der Waals surface area contributed by atoms with Gasteiger partial charge in [-0.1, -0.05) is 25.0 Å². The van der Waals surface area contributed by atoms with Gasteiger partial charge in [0.2, 0.25) is 0 Å². The second kappa shape index (κ2) is 8.81. The Bertz CT molecular complexity index is 535. The maximum Gasteiger partial charge on any atom is 0.102 e. The highest BCUT2D eigenvalue weighted by Crippen LogP contribution is 2.24. The van der Waals surface area contributed by atoms with Crippen LogP contribution < -0.4 is 5.73 Å². The molecule has 0 radical (unpaired) electrons. The second-order valence-corrected chi connectivity index (χ2v) is 9.48. The van der Waals surface area contributed by atoms with Crippen LogP contribution in [0.1, 0.15) is 84.9 Å². The van der Waals surface area contributed by atoms with E-state index in [9.17, 15) is 5.11 Å². The average Bonchev–Trinajstić information content (AvgIpc) is 3.02. The summed E-state index contributed by atoms with van der Waals surface area (Å²) >= 11 is 0. The van der Waals surface area contributed by atoms with E-state index in [-0.39, 0.29) is 0 Å². The van der Waals surface area contributed by atoms with Gasteiger partial charge in [-0.3, -0.25) is 0 Å². The highest BCUT2D eigenvalue weighted by atomic mass is 16.3. The molecule has 6 nitrogen and oxygen atoms in total. The molecular formula is C20H39N5O. The number of hydrogen-bond acceptors (Lipinski definition) is 5. The molecule has 1 saturated heterocycles. The minimum absolute atomic E-state index is 0.430. The molecule has 1 aliphatic rings. The standard InChI is InChI=1S/C20H39N5O/c1-16(7-6-11-19(2,3)26)8-12-24-13-9-17(10-14-24)25-15-18(22-23-25)20(4,5)21/h15-17,26H,6-14,21H2,1-5H3. The second-order valence-electron chi connectivity index (χ2n) is 9.48. The van der Waals surface area contributed by atoms with E-state index in [1.54, 1.807) is 0 Å². The summed E-state index contributed by atoms with van der Waals surface area (Å²) in [5.41, 5.74) is 6.01. The Balaban J connectivity index is 1.68. The van der Waals surface area contributed by atoms with Gasteiger partial charge in [0.25, 0.3) is 0 Å². The average molecular weight is 366 g/mol. The van der Waals surface area contributed by atoms with E-state index < -0.39 is 11.1 Å². The molecule has 3 N–H and O–H groups in total. The van der Waals surface area contributed by atoms with Crippen LogP contribution in [0, 0.1) is 5.92 Å². The summed E-state index contributed by atoms with van der Waals surface area (Å²) in [7, 11) is 0. The largest absolute Gasteiger partial charge is 0.390 e. The topological polar surface area (TPSA) is 80.2 Å². The molecule has 1 fully saturated rings. The molecule has 2 rings (SSSR count). The number of rotatable bonds is 9. The number of likely N-dealkylation sites (tertiary alicyclic amines) is 1. The van der Waals surface area contributed by atoms with Gasteiger partial charge in [-0.05, 0) is 65.8 Å². The lowest BCUT2D eigenvalue weighted by molar-refractivity contribution is 0.0666.